The normalized spacial score (nSPS) is 14.9. The van der Waals surface area contributed by atoms with E-state index in [2.05, 4.69) is 20.3 Å². The summed E-state index contributed by atoms with van der Waals surface area (Å²) in [5.41, 5.74) is 4.15. The highest BCUT2D eigenvalue weighted by atomic mass is 35.5. The standard InChI is InChI=1S/C29H23ClN4O2S/c1-18-25(28(35)34-23-14-7-8-15-24(23)36-4)26(21-12-5-6-13-22(21)30)27(32-3)29(33-18)37-17-19-10-9-11-20(16-19)31-2/h5-16,26,33H,17H2,1,4H3,(H,34,35). The number of hydrogen-bond donors (Lipinski definition) is 2. The maximum Gasteiger partial charge on any atom is 0.253 e. The Bertz CT molecular complexity index is 1500. The highest BCUT2D eigenvalue weighted by Crippen LogP contribution is 2.44. The second-order valence-corrected chi connectivity index (χ2v) is 9.56. The molecule has 1 aliphatic rings. The number of halogens is 1. The Kier molecular flexibility index (Phi) is 8.20. The van der Waals surface area contributed by atoms with Gasteiger partial charge in [0.2, 0.25) is 5.70 Å². The highest BCUT2D eigenvalue weighted by molar-refractivity contribution is 8.02. The molecule has 0 aliphatic carbocycles. The molecule has 3 aromatic rings. The fourth-order valence-electron chi connectivity index (χ4n) is 4.13. The molecule has 3 aromatic carbocycles. The third-order valence-corrected chi connectivity index (χ3v) is 7.28. The van der Waals surface area contributed by atoms with E-state index in [0.717, 1.165) is 5.56 Å². The third-order valence-electron chi connectivity index (χ3n) is 5.86. The van der Waals surface area contributed by atoms with Crippen molar-refractivity contribution in [2.24, 2.45) is 0 Å². The Morgan fingerprint density at radius 3 is 2.57 bits per heavy atom. The van der Waals surface area contributed by atoms with Crippen molar-refractivity contribution >= 4 is 40.6 Å². The van der Waals surface area contributed by atoms with Gasteiger partial charge in [0.1, 0.15) is 5.75 Å². The molecule has 37 heavy (non-hydrogen) atoms. The van der Waals surface area contributed by atoms with Crippen LogP contribution in [-0.4, -0.2) is 13.0 Å². The molecule has 1 unspecified atom stereocenters. The van der Waals surface area contributed by atoms with E-state index in [-0.39, 0.29) is 5.91 Å². The van der Waals surface area contributed by atoms with Crippen molar-refractivity contribution < 1.29 is 9.53 Å². The number of para-hydroxylation sites is 2. The maximum absolute atomic E-state index is 13.7. The third kappa shape index (κ3) is 5.65. The number of carbonyl (C=O) groups excluding carboxylic acids is 1. The number of methoxy groups -OCH3 is 1. The molecule has 4 rings (SSSR count). The summed E-state index contributed by atoms with van der Waals surface area (Å²) in [7, 11) is 1.54. The Morgan fingerprint density at radius 1 is 1.08 bits per heavy atom. The van der Waals surface area contributed by atoms with Crippen molar-refractivity contribution in [3.8, 4) is 5.75 Å². The lowest BCUT2D eigenvalue weighted by molar-refractivity contribution is -0.113. The van der Waals surface area contributed by atoms with Crippen LogP contribution in [0.15, 0.2) is 94.8 Å². The molecule has 2 N–H and O–H groups in total. The molecule has 0 bridgehead atoms. The number of nitrogens with zero attached hydrogens (tertiary/aromatic N) is 2. The van der Waals surface area contributed by atoms with Crippen LogP contribution < -0.4 is 15.4 Å². The van der Waals surface area contributed by atoms with Crippen molar-refractivity contribution in [2.45, 2.75) is 18.6 Å². The summed E-state index contributed by atoms with van der Waals surface area (Å²) >= 11 is 8.06. The first-order valence-corrected chi connectivity index (χ1v) is 12.7. The van der Waals surface area contributed by atoms with Crippen molar-refractivity contribution in [3.63, 3.8) is 0 Å². The monoisotopic (exact) mass is 526 g/mol. The Morgan fingerprint density at radius 2 is 1.84 bits per heavy atom. The number of carbonyl (C=O) groups is 1. The van der Waals surface area contributed by atoms with E-state index in [9.17, 15) is 4.79 Å². The van der Waals surface area contributed by atoms with Crippen LogP contribution in [0, 0.1) is 13.1 Å². The van der Waals surface area contributed by atoms with Crippen LogP contribution in [0.25, 0.3) is 9.69 Å². The first-order chi connectivity index (χ1) is 18.0. The van der Waals surface area contributed by atoms with Gasteiger partial charge >= 0.3 is 0 Å². The predicted octanol–water partition coefficient (Wildman–Crippen LogP) is 7.52. The molecule has 0 radical (unpaired) electrons. The van der Waals surface area contributed by atoms with Gasteiger partial charge in [0, 0.05) is 22.0 Å². The number of thioether (sulfide) groups is 1. The fraction of sp³-hybridized carbons (Fsp3) is 0.138. The van der Waals surface area contributed by atoms with Gasteiger partial charge in [-0.2, -0.15) is 0 Å². The van der Waals surface area contributed by atoms with Crippen molar-refractivity contribution in [1.29, 1.82) is 0 Å². The van der Waals surface area contributed by atoms with Gasteiger partial charge in [0.25, 0.3) is 5.91 Å². The number of benzene rings is 3. The average Bonchev–Trinajstić information content (AvgIpc) is 2.92. The maximum atomic E-state index is 13.7. The number of nitrogens with one attached hydrogen (secondary N) is 2. The minimum atomic E-state index is -0.667. The average molecular weight is 527 g/mol. The second-order valence-electron chi connectivity index (χ2n) is 8.17. The molecule has 1 amide bonds. The van der Waals surface area contributed by atoms with E-state index < -0.39 is 5.92 Å². The molecule has 6 nitrogen and oxygen atoms in total. The van der Waals surface area contributed by atoms with E-state index in [1.807, 2.05) is 55.5 Å². The second kappa shape index (κ2) is 11.7. The van der Waals surface area contributed by atoms with Crippen molar-refractivity contribution in [2.75, 3.05) is 12.4 Å². The molecule has 1 atom stereocenters. The lowest BCUT2D eigenvalue weighted by Gasteiger charge is -2.30. The SMILES string of the molecule is [C-]#[N+]C1=C(SCc2cccc([N+]#[C-])c2)NC(C)=C(C(=O)Nc2ccccc2OC)C1c1ccccc1Cl. The topological polar surface area (TPSA) is 59.1 Å². The zero-order valence-corrected chi connectivity index (χ0v) is 21.8. The molecule has 184 valence electrons. The summed E-state index contributed by atoms with van der Waals surface area (Å²) < 4.78 is 5.39. The van der Waals surface area contributed by atoms with Gasteiger partial charge < -0.3 is 15.4 Å². The van der Waals surface area contributed by atoms with E-state index in [0.29, 0.717) is 55.5 Å². The predicted molar refractivity (Wildman–Crippen MR) is 149 cm³/mol. The number of anilines is 1. The summed E-state index contributed by atoms with van der Waals surface area (Å²) in [5.74, 6) is 0.0651. The number of rotatable bonds is 7. The molecule has 0 saturated carbocycles. The fourth-order valence-corrected chi connectivity index (χ4v) is 5.41. The van der Waals surface area contributed by atoms with E-state index in [1.54, 1.807) is 31.4 Å². The van der Waals surface area contributed by atoms with E-state index in [4.69, 9.17) is 29.5 Å². The quantitative estimate of drug-likeness (QED) is 0.312. The largest absolute Gasteiger partial charge is 0.495 e. The number of hydrogen-bond acceptors (Lipinski definition) is 4. The van der Waals surface area contributed by atoms with Crippen LogP contribution in [-0.2, 0) is 10.5 Å². The first kappa shape index (κ1) is 25.9. The van der Waals surface area contributed by atoms with Crippen LogP contribution in [0.5, 0.6) is 5.75 Å². The zero-order chi connectivity index (χ0) is 26.4. The minimum Gasteiger partial charge on any atom is -0.495 e. The number of dihydropyridines is 1. The van der Waals surface area contributed by atoms with E-state index >= 15 is 0 Å². The van der Waals surface area contributed by atoms with Crippen molar-refractivity contribution in [1.82, 2.24) is 5.32 Å². The van der Waals surface area contributed by atoms with Crippen LogP contribution in [0.2, 0.25) is 5.02 Å². The van der Waals surface area contributed by atoms with Crippen molar-refractivity contribution in [3.05, 3.63) is 134 Å². The Balaban J connectivity index is 1.74. The van der Waals surface area contributed by atoms with Gasteiger partial charge in [-0.1, -0.05) is 66.2 Å². The molecule has 1 heterocycles. The molecular formula is C29H23ClN4O2S. The molecule has 0 spiro atoms. The molecule has 0 saturated heterocycles. The molecule has 0 fully saturated rings. The highest BCUT2D eigenvalue weighted by Gasteiger charge is 2.36. The smallest absolute Gasteiger partial charge is 0.253 e. The molecule has 1 aliphatic heterocycles. The first-order valence-electron chi connectivity index (χ1n) is 11.3. The van der Waals surface area contributed by atoms with Crippen LogP contribution in [0.3, 0.4) is 0 Å². The molecular weight excluding hydrogens is 504 g/mol. The van der Waals surface area contributed by atoms with Crippen LogP contribution in [0.4, 0.5) is 11.4 Å². The van der Waals surface area contributed by atoms with Gasteiger partial charge in [0.05, 0.1) is 36.9 Å². The summed E-state index contributed by atoms with van der Waals surface area (Å²) in [5, 5.41) is 7.36. The summed E-state index contributed by atoms with van der Waals surface area (Å²) in [6.45, 7) is 17.1. The van der Waals surface area contributed by atoms with Crippen LogP contribution >= 0.6 is 23.4 Å². The summed E-state index contributed by atoms with van der Waals surface area (Å²) in [6, 6.07) is 21.8. The van der Waals surface area contributed by atoms with Crippen LogP contribution in [0.1, 0.15) is 24.0 Å². The zero-order valence-electron chi connectivity index (χ0n) is 20.2. The summed E-state index contributed by atoms with van der Waals surface area (Å²) in [4.78, 5) is 21.1. The lowest BCUT2D eigenvalue weighted by atomic mass is 9.85. The number of allylic oxidation sites excluding steroid dienone is 2. The van der Waals surface area contributed by atoms with Gasteiger partial charge in [-0.15, -0.1) is 11.8 Å². The number of amides is 1. The van der Waals surface area contributed by atoms with Gasteiger partial charge in [-0.3, -0.25) is 4.79 Å². The summed E-state index contributed by atoms with van der Waals surface area (Å²) in [6.07, 6.45) is 0. The Labute approximate surface area is 225 Å². The van der Waals surface area contributed by atoms with Gasteiger partial charge in [0.15, 0.2) is 5.69 Å². The molecule has 8 heteroatoms. The minimum absolute atomic E-state index is 0.352. The molecule has 0 aromatic heterocycles. The Hall–Kier alpha value is -4.17. The number of ether oxygens (including phenoxy) is 1. The van der Waals surface area contributed by atoms with E-state index in [1.165, 1.54) is 11.8 Å². The van der Waals surface area contributed by atoms with Gasteiger partial charge in [-0.25, -0.2) is 9.69 Å². The lowest BCUT2D eigenvalue weighted by Crippen LogP contribution is -2.30. The van der Waals surface area contributed by atoms with Gasteiger partial charge in [-0.05, 0) is 36.2 Å².